The van der Waals surface area contributed by atoms with E-state index in [0.717, 1.165) is 68.5 Å². The van der Waals surface area contributed by atoms with Crippen molar-refractivity contribution in [2.45, 2.75) is 195 Å². The van der Waals surface area contributed by atoms with Crippen LogP contribution in [-0.2, 0) is 14.2 Å². The van der Waals surface area contributed by atoms with Crippen LogP contribution < -0.4 is 0 Å². The molecule has 0 aromatic rings. The van der Waals surface area contributed by atoms with Crippen LogP contribution in [0, 0.1) is 40.9 Å². The van der Waals surface area contributed by atoms with Gasteiger partial charge in [0.05, 0.1) is 25.4 Å². The van der Waals surface area contributed by atoms with E-state index < -0.39 is 0 Å². The van der Waals surface area contributed by atoms with E-state index in [4.69, 9.17) is 14.2 Å². The van der Waals surface area contributed by atoms with Crippen LogP contribution in [0.5, 0.6) is 0 Å². The summed E-state index contributed by atoms with van der Waals surface area (Å²) in [4.78, 5) is 2.24. The lowest BCUT2D eigenvalue weighted by Gasteiger charge is -2.50. The molecule has 4 unspecified atom stereocenters. The Kier molecular flexibility index (Phi) is 21.8. The molecule has 0 saturated heterocycles. The van der Waals surface area contributed by atoms with Gasteiger partial charge in [-0.3, -0.25) is 0 Å². The molecule has 8 atom stereocenters. The molecular formula is C46H87NO3. The quantitative estimate of drug-likeness (QED) is 0.0630. The van der Waals surface area contributed by atoms with Gasteiger partial charge in [-0.1, -0.05) is 117 Å². The molecule has 0 amide bonds. The second-order valence-corrected chi connectivity index (χ2v) is 18.3. The van der Waals surface area contributed by atoms with Crippen LogP contribution in [0.15, 0.2) is 11.6 Å². The smallest absolute Gasteiger partial charge is 0.0644 e. The highest BCUT2D eigenvalue weighted by molar-refractivity contribution is 5.10. The van der Waals surface area contributed by atoms with Gasteiger partial charge in [-0.25, -0.2) is 0 Å². The van der Waals surface area contributed by atoms with Crippen LogP contribution in [0.4, 0.5) is 0 Å². The topological polar surface area (TPSA) is 30.9 Å². The molecule has 4 nitrogen and oxygen atoms in total. The lowest BCUT2D eigenvalue weighted by Crippen LogP contribution is -2.42. The molecule has 0 radical (unpaired) electrons. The third-order valence-corrected chi connectivity index (χ3v) is 13.8. The summed E-state index contributed by atoms with van der Waals surface area (Å²) < 4.78 is 18.4. The van der Waals surface area contributed by atoms with Crippen LogP contribution in [0.3, 0.4) is 0 Å². The van der Waals surface area contributed by atoms with Gasteiger partial charge >= 0.3 is 0 Å². The molecule has 3 rings (SSSR count). The Morgan fingerprint density at radius 2 is 1.48 bits per heavy atom. The summed E-state index contributed by atoms with van der Waals surface area (Å²) in [6.07, 6.45) is 32.5. The first kappa shape index (κ1) is 44.0. The minimum atomic E-state index is 0.354. The maximum Gasteiger partial charge on any atom is 0.0644 e. The molecule has 3 aliphatic rings. The van der Waals surface area contributed by atoms with Gasteiger partial charge in [-0.15, -0.1) is 0 Å². The Morgan fingerprint density at radius 3 is 2.14 bits per heavy atom. The minimum Gasteiger partial charge on any atom is -0.380 e. The summed E-state index contributed by atoms with van der Waals surface area (Å²) in [7, 11) is 4.26. The zero-order chi connectivity index (χ0) is 36.2. The van der Waals surface area contributed by atoms with Crippen molar-refractivity contribution in [3.05, 3.63) is 11.6 Å². The molecule has 0 aliphatic heterocycles. The molecule has 3 aliphatic carbocycles. The van der Waals surface area contributed by atoms with Gasteiger partial charge < -0.3 is 19.1 Å². The maximum absolute atomic E-state index is 6.49. The third-order valence-electron chi connectivity index (χ3n) is 13.8. The van der Waals surface area contributed by atoms with E-state index in [1.807, 2.05) is 0 Å². The molecule has 4 heteroatoms. The second kappa shape index (κ2) is 24.8. The number of allylic oxidation sites excluding steroid dienone is 1. The van der Waals surface area contributed by atoms with Gasteiger partial charge in [0.15, 0.2) is 0 Å². The SMILES string of the molecule is CCCCCOCC(COCCCCCCCCOC1CCC/C(=C\CC2[C@@H](CC)CCC3(C)[C@@H]([C@H](C)CCCC(C)C)CC[C@@H]23)C1)N(C)C. The van der Waals surface area contributed by atoms with E-state index in [0.29, 0.717) is 17.6 Å². The fourth-order valence-corrected chi connectivity index (χ4v) is 10.4. The number of rotatable bonds is 27. The molecule has 50 heavy (non-hydrogen) atoms. The van der Waals surface area contributed by atoms with Crippen molar-refractivity contribution < 1.29 is 14.2 Å². The summed E-state index contributed by atoms with van der Waals surface area (Å²) in [5, 5.41) is 0. The average molecular weight is 702 g/mol. The van der Waals surface area contributed by atoms with E-state index in [1.54, 1.807) is 5.57 Å². The number of ether oxygens (including phenoxy) is 3. The van der Waals surface area contributed by atoms with Crippen molar-refractivity contribution in [2.24, 2.45) is 40.9 Å². The fourth-order valence-electron chi connectivity index (χ4n) is 10.4. The van der Waals surface area contributed by atoms with Gasteiger partial charge in [0.25, 0.3) is 0 Å². The van der Waals surface area contributed by atoms with E-state index in [2.05, 4.69) is 66.6 Å². The zero-order valence-corrected chi connectivity index (χ0v) is 35.0. The second-order valence-electron chi connectivity index (χ2n) is 18.3. The summed E-state index contributed by atoms with van der Waals surface area (Å²) in [6, 6.07) is 0.354. The van der Waals surface area contributed by atoms with E-state index in [-0.39, 0.29) is 0 Å². The lowest BCUT2D eigenvalue weighted by atomic mass is 9.55. The molecule has 294 valence electrons. The normalized spacial score (nSPS) is 29.2. The Bertz CT molecular complexity index is 887. The number of nitrogens with zero attached hydrogens (tertiary/aromatic N) is 1. The van der Waals surface area contributed by atoms with Crippen LogP contribution >= 0.6 is 0 Å². The summed E-state index contributed by atoms with van der Waals surface area (Å²) >= 11 is 0. The minimum absolute atomic E-state index is 0.354. The van der Waals surface area contributed by atoms with Gasteiger partial charge in [0.1, 0.15) is 0 Å². The first-order chi connectivity index (χ1) is 24.2. The zero-order valence-electron chi connectivity index (χ0n) is 35.0. The maximum atomic E-state index is 6.49. The molecular weight excluding hydrogens is 615 g/mol. The molecule has 3 fully saturated rings. The Hall–Kier alpha value is -0.420. The molecule has 0 aromatic heterocycles. The van der Waals surface area contributed by atoms with Crippen LogP contribution in [0.25, 0.3) is 0 Å². The van der Waals surface area contributed by atoms with Crippen LogP contribution in [-0.4, -0.2) is 64.2 Å². The molecule has 0 bridgehead atoms. The van der Waals surface area contributed by atoms with Gasteiger partial charge in [0, 0.05) is 19.8 Å². The fraction of sp³-hybridized carbons (Fsp3) is 0.957. The molecule has 0 heterocycles. The summed E-state index contributed by atoms with van der Waals surface area (Å²) in [6.45, 7) is 19.1. The first-order valence-electron chi connectivity index (χ1n) is 22.3. The average Bonchev–Trinajstić information content (AvgIpc) is 3.45. The highest BCUT2D eigenvalue weighted by Crippen LogP contribution is 2.62. The number of hydrogen-bond acceptors (Lipinski definition) is 4. The highest BCUT2D eigenvalue weighted by atomic mass is 16.5. The Balaban J connectivity index is 1.29. The molecule has 0 spiro atoms. The summed E-state index contributed by atoms with van der Waals surface area (Å²) in [5.41, 5.74) is 2.30. The summed E-state index contributed by atoms with van der Waals surface area (Å²) in [5.74, 6) is 5.48. The van der Waals surface area contributed by atoms with Crippen molar-refractivity contribution in [3.8, 4) is 0 Å². The standard InChI is InChI=1S/C46H87NO3/c1-9-11-16-31-48-35-41(47(7)8)36-49-32-17-14-12-13-15-18-33-50-42-24-20-23-39(34-42)25-26-43-40(10-2)29-30-46(6)44(27-28-45(43)46)38(5)22-19-21-37(3)4/h25,37-38,40-45H,9-24,26-36H2,1-8H3/b39-25+/t38-,40+,41?,42?,43?,44-,45+,46?/m1/s1. The number of unbranched alkanes of at least 4 members (excludes halogenated alkanes) is 7. The van der Waals surface area contributed by atoms with Crippen molar-refractivity contribution in [1.29, 1.82) is 0 Å². The number of likely N-dealkylation sites (N-methyl/N-ethyl adjacent to an activating group) is 1. The first-order valence-corrected chi connectivity index (χ1v) is 22.3. The van der Waals surface area contributed by atoms with E-state index in [1.165, 1.54) is 141 Å². The van der Waals surface area contributed by atoms with Crippen molar-refractivity contribution in [2.75, 3.05) is 47.1 Å². The van der Waals surface area contributed by atoms with Gasteiger partial charge in [-0.05, 0) is 132 Å². The van der Waals surface area contributed by atoms with Crippen molar-refractivity contribution in [1.82, 2.24) is 4.90 Å². The lowest BCUT2D eigenvalue weighted by molar-refractivity contribution is -0.00464. The predicted molar refractivity (Wildman–Crippen MR) is 216 cm³/mol. The Labute approximate surface area is 313 Å². The van der Waals surface area contributed by atoms with Crippen molar-refractivity contribution in [3.63, 3.8) is 0 Å². The molecule has 0 N–H and O–H groups in total. The monoisotopic (exact) mass is 702 g/mol. The van der Waals surface area contributed by atoms with E-state index in [9.17, 15) is 0 Å². The predicted octanol–water partition coefficient (Wildman–Crippen LogP) is 12.7. The van der Waals surface area contributed by atoms with Gasteiger partial charge in [0.2, 0.25) is 0 Å². The number of fused-ring (bicyclic) bond motifs is 1. The number of hydrogen-bond donors (Lipinski definition) is 0. The third kappa shape index (κ3) is 15.1. The Morgan fingerprint density at radius 1 is 0.800 bits per heavy atom. The molecule has 0 aromatic carbocycles. The van der Waals surface area contributed by atoms with Crippen molar-refractivity contribution >= 4 is 0 Å². The van der Waals surface area contributed by atoms with Crippen LogP contribution in [0.2, 0.25) is 0 Å². The highest BCUT2D eigenvalue weighted by Gasteiger charge is 2.54. The van der Waals surface area contributed by atoms with Crippen LogP contribution in [0.1, 0.15) is 183 Å². The van der Waals surface area contributed by atoms with E-state index >= 15 is 0 Å². The largest absolute Gasteiger partial charge is 0.380 e. The van der Waals surface area contributed by atoms with Gasteiger partial charge in [-0.2, -0.15) is 0 Å². The molecule has 3 saturated carbocycles.